The molecule has 0 aliphatic rings. The Morgan fingerprint density at radius 3 is 2.09 bits per heavy atom. The Balaban J connectivity index is 1.38. The minimum absolute atomic E-state index is 0.270. The van der Waals surface area contributed by atoms with E-state index in [9.17, 15) is 9.00 Å². The van der Waals surface area contributed by atoms with Crippen molar-refractivity contribution < 1.29 is 9.00 Å². The van der Waals surface area contributed by atoms with Crippen LogP contribution in [0.15, 0.2) is 114 Å². The highest BCUT2D eigenvalue weighted by molar-refractivity contribution is 8.46. The van der Waals surface area contributed by atoms with Crippen LogP contribution in [0.5, 0.6) is 0 Å². The van der Waals surface area contributed by atoms with Crippen molar-refractivity contribution in [2.24, 2.45) is 0 Å². The molecule has 34 heavy (non-hydrogen) atoms. The van der Waals surface area contributed by atoms with Crippen molar-refractivity contribution in [1.29, 1.82) is 0 Å². The van der Waals surface area contributed by atoms with Crippen molar-refractivity contribution in [3.63, 3.8) is 0 Å². The first-order chi connectivity index (χ1) is 16.4. The van der Waals surface area contributed by atoms with Gasteiger partial charge in [0.25, 0.3) is 0 Å². The average molecular weight is 488 g/mol. The Hall–Kier alpha value is -3.73. The summed E-state index contributed by atoms with van der Waals surface area (Å²) in [5.41, 5.74) is 10.7. The summed E-state index contributed by atoms with van der Waals surface area (Å²) < 4.78 is 16.4. The summed E-state index contributed by atoms with van der Waals surface area (Å²) in [4.78, 5) is 12.9. The molecule has 0 bridgehead atoms. The summed E-state index contributed by atoms with van der Waals surface area (Å²) in [5, 5.41) is 2.75. The number of carbonyl (C=O) groups excluding carboxylic acids is 1. The minimum atomic E-state index is -2.90. The van der Waals surface area contributed by atoms with Gasteiger partial charge in [-0.25, -0.2) is 0 Å². The number of carbonyl (C=O) groups is 1. The molecule has 4 N–H and O–H groups in total. The fraction of sp³-hybridized carbons (Fsp3) is 0. The molecule has 0 aliphatic heterocycles. The van der Waals surface area contributed by atoms with Gasteiger partial charge in [-0.3, -0.25) is 9.00 Å². The Labute approximate surface area is 202 Å². The summed E-state index contributed by atoms with van der Waals surface area (Å²) in [6.45, 7) is 0. The quantitative estimate of drug-likeness (QED) is 0.115. The number of hydrogen-bond donors (Lipinski definition) is 4. The normalized spacial score (nSPS) is 11.8. The lowest BCUT2D eigenvalue weighted by Gasteiger charge is -2.22. The number of para-hydroxylation sites is 2. The molecule has 1 atom stereocenters. The SMILES string of the molecule is Nc1ccccc1NC(=O)/C=C/c1ccc(N[SH](=O)(P)c2ccc(-c3ccccc3)cc2)cc1. The smallest absolute Gasteiger partial charge is 0.248 e. The summed E-state index contributed by atoms with van der Waals surface area (Å²) in [6, 6.07) is 32.3. The number of nitrogen functional groups attached to an aromatic ring is 1. The predicted octanol–water partition coefficient (Wildman–Crippen LogP) is 5.78. The first-order valence-corrected chi connectivity index (χ1v) is 14.0. The fourth-order valence-corrected chi connectivity index (χ4v) is 5.61. The van der Waals surface area contributed by atoms with Crippen molar-refractivity contribution >= 4 is 47.2 Å². The van der Waals surface area contributed by atoms with Crippen molar-refractivity contribution in [2.45, 2.75) is 4.90 Å². The zero-order valence-electron chi connectivity index (χ0n) is 18.4. The van der Waals surface area contributed by atoms with Gasteiger partial charge in [0, 0.05) is 16.7 Å². The molecule has 0 saturated heterocycles. The maximum absolute atomic E-state index is 13.3. The van der Waals surface area contributed by atoms with Crippen LogP contribution in [-0.2, 0) is 14.5 Å². The Morgan fingerprint density at radius 2 is 1.41 bits per heavy atom. The number of thiol groups is 1. The van der Waals surface area contributed by atoms with E-state index in [4.69, 9.17) is 5.73 Å². The van der Waals surface area contributed by atoms with Gasteiger partial charge in [-0.05, 0) is 77.3 Å². The molecule has 1 amide bonds. The number of anilines is 3. The molecule has 0 spiro atoms. The van der Waals surface area contributed by atoms with E-state index < -0.39 is 9.74 Å². The van der Waals surface area contributed by atoms with Gasteiger partial charge in [0.05, 0.1) is 11.4 Å². The van der Waals surface area contributed by atoms with Crippen LogP contribution in [0.25, 0.3) is 17.2 Å². The molecule has 0 saturated carbocycles. The zero-order chi connectivity index (χ0) is 24.0. The van der Waals surface area contributed by atoms with Crippen LogP contribution in [0.2, 0.25) is 0 Å². The average Bonchev–Trinajstić information content (AvgIpc) is 2.85. The Bertz CT molecular complexity index is 1360. The lowest BCUT2D eigenvalue weighted by atomic mass is 10.1. The molecular formula is C27H26N3O2PS. The summed E-state index contributed by atoms with van der Waals surface area (Å²) in [7, 11) is -0.437. The second-order valence-corrected chi connectivity index (χ2v) is 12.0. The molecule has 0 aromatic heterocycles. The molecule has 1 unspecified atom stereocenters. The highest BCUT2D eigenvalue weighted by Gasteiger charge is 2.12. The molecule has 5 nitrogen and oxygen atoms in total. The number of amides is 1. The van der Waals surface area contributed by atoms with Gasteiger partial charge in [-0.2, -0.15) is 0 Å². The highest BCUT2D eigenvalue weighted by Crippen LogP contribution is 2.30. The second kappa shape index (κ2) is 10.5. The molecule has 0 fully saturated rings. The van der Waals surface area contributed by atoms with Crippen LogP contribution in [-0.4, -0.2) is 10.1 Å². The van der Waals surface area contributed by atoms with Crippen LogP contribution in [0.3, 0.4) is 0 Å². The molecule has 0 aliphatic carbocycles. The van der Waals surface area contributed by atoms with E-state index in [0.717, 1.165) is 27.3 Å². The third kappa shape index (κ3) is 5.98. The monoisotopic (exact) mass is 487 g/mol. The number of nitrogens with two attached hydrogens (primary N) is 1. The maximum atomic E-state index is 13.3. The van der Waals surface area contributed by atoms with E-state index in [2.05, 4.69) is 18.5 Å². The molecule has 4 aromatic carbocycles. The van der Waals surface area contributed by atoms with Gasteiger partial charge in [0.1, 0.15) is 0 Å². The first-order valence-electron chi connectivity index (χ1n) is 10.7. The molecule has 4 aromatic rings. The maximum Gasteiger partial charge on any atom is 0.248 e. The second-order valence-electron chi connectivity index (χ2n) is 7.71. The van der Waals surface area contributed by atoms with E-state index >= 15 is 0 Å². The molecule has 172 valence electrons. The van der Waals surface area contributed by atoms with Crippen molar-refractivity contribution in [1.82, 2.24) is 0 Å². The fourth-order valence-electron chi connectivity index (χ4n) is 3.39. The van der Waals surface area contributed by atoms with Crippen LogP contribution >= 0.6 is 8.44 Å². The van der Waals surface area contributed by atoms with E-state index in [0.29, 0.717) is 11.4 Å². The van der Waals surface area contributed by atoms with Gasteiger partial charge in [0.15, 0.2) is 0 Å². The van der Waals surface area contributed by atoms with Crippen molar-refractivity contribution in [3.8, 4) is 11.1 Å². The van der Waals surface area contributed by atoms with E-state index in [1.807, 2.05) is 91.0 Å². The lowest BCUT2D eigenvalue weighted by Crippen LogP contribution is -2.14. The molecule has 0 heterocycles. The first kappa shape index (κ1) is 23.4. The summed E-state index contributed by atoms with van der Waals surface area (Å²) in [5.74, 6) is -0.270. The molecule has 0 radical (unpaired) electrons. The molecular weight excluding hydrogens is 461 g/mol. The number of benzene rings is 4. The van der Waals surface area contributed by atoms with Crippen LogP contribution in [0, 0.1) is 0 Å². The van der Waals surface area contributed by atoms with Crippen molar-refractivity contribution in [3.05, 3.63) is 115 Å². The molecule has 4 rings (SSSR count). The number of nitrogens with one attached hydrogen (secondary N) is 2. The van der Waals surface area contributed by atoms with Crippen molar-refractivity contribution in [2.75, 3.05) is 15.8 Å². The minimum Gasteiger partial charge on any atom is -0.397 e. The van der Waals surface area contributed by atoms with Gasteiger partial charge in [-0.15, -0.1) is 0 Å². The zero-order valence-corrected chi connectivity index (χ0v) is 20.4. The topological polar surface area (TPSA) is 84.2 Å². The van der Waals surface area contributed by atoms with E-state index in [-0.39, 0.29) is 5.91 Å². The van der Waals surface area contributed by atoms with Gasteiger partial charge >= 0.3 is 0 Å². The van der Waals surface area contributed by atoms with Gasteiger partial charge in [-0.1, -0.05) is 66.7 Å². The Kier molecular flexibility index (Phi) is 7.21. The van der Waals surface area contributed by atoms with Crippen LogP contribution in [0.1, 0.15) is 5.56 Å². The predicted molar refractivity (Wildman–Crippen MR) is 148 cm³/mol. The summed E-state index contributed by atoms with van der Waals surface area (Å²) in [6.07, 6.45) is 3.16. The molecule has 7 heteroatoms. The van der Waals surface area contributed by atoms with Gasteiger partial charge < -0.3 is 15.8 Å². The third-order valence-electron chi connectivity index (χ3n) is 5.21. The third-order valence-corrected chi connectivity index (χ3v) is 8.15. The van der Waals surface area contributed by atoms with Crippen LogP contribution in [0.4, 0.5) is 17.1 Å². The van der Waals surface area contributed by atoms with E-state index in [1.54, 1.807) is 18.2 Å². The van der Waals surface area contributed by atoms with E-state index in [1.165, 1.54) is 6.08 Å². The Morgan fingerprint density at radius 1 is 0.794 bits per heavy atom. The standard InChI is InChI=1S/C27H26N3O2PS/c28-25-8-4-5-9-26(25)29-27(31)19-12-20-10-15-23(16-11-20)30-34(32,33)24-17-13-22(14-18-24)21-6-2-1-3-7-21/h1-19,34H,28,33H2,(H,29,31)(H,30,32)/b19-12+. The lowest BCUT2D eigenvalue weighted by molar-refractivity contribution is -0.111. The summed E-state index contributed by atoms with van der Waals surface area (Å²) >= 11 is 0. The van der Waals surface area contributed by atoms with Crippen LogP contribution < -0.4 is 15.8 Å². The largest absolute Gasteiger partial charge is 0.397 e. The number of hydrogen-bond acceptors (Lipinski definition) is 3. The van der Waals surface area contributed by atoms with Gasteiger partial charge in [0.2, 0.25) is 5.91 Å². The number of rotatable bonds is 7. The highest BCUT2D eigenvalue weighted by atomic mass is 32.8.